The highest BCUT2D eigenvalue weighted by Crippen LogP contribution is 2.15. The zero-order chi connectivity index (χ0) is 14.6. The van der Waals surface area contributed by atoms with Crippen LogP contribution in [0.1, 0.15) is 0 Å². The lowest BCUT2D eigenvalue weighted by molar-refractivity contribution is -0.115. The smallest absolute Gasteiger partial charge is 0.238 e. The molecule has 1 amide bonds. The zero-order valence-corrected chi connectivity index (χ0v) is 13.2. The fourth-order valence-electron chi connectivity index (χ4n) is 1.46. The SMILES string of the molecule is COCCNCC(=O)Nc1ccc(OCCOC)cc1.Cl. The van der Waals surface area contributed by atoms with Gasteiger partial charge < -0.3 is 24.8 Å². The van der Waals surface area contributed by atoms with Gasteiger partial charge in [-0.1, -0.05) is 0 Å². The number of amides is 1. The molecule has 0 bridgehead atoms. The molecule has 0 spiro atoms. The summed E-state index contributed by atoms with van der Waals surface area (Å²) in [5.41, 5.74) is 0.739. The Morgan fingerprint density at radius 2 is 1.71 bits per heavy atom. The Kier molecular flexibility index (Phi) is 11.6. The molecule has 0 radical (unpaired) electrons. The number of hydrogen-bond donors (Lipinski definition) is 2. The first kappa shape index (κ1) is 19.7. The highest BCUT2D eigenvalue weighted by atomic mass is 35.5. The predicted octanol–water partition coefficient (Wildman–Crippen LogP) is 1.31. The Morgan fingerprint density at radius 3 is 2.33 bits per heavy atom. The molecule has 7 heteroatoms. The lowest BCUT2D eigenvalue weighted by Crippen LogP contribution is -2.30. The van der Waals surface area contributed by atoms with Crippen LogP contribution in [0.4, 0.5) is 5.69 Å². The fourth-order valence-corrected chi connectivity index (χ4v) is 1.46. The molecule has 0 heterocycles. The number of rotatable bonds is 10. The van der Waals surface area contributed by atoms with Gasteiger partial charge in [0.2, 0.25) is 5.91 Å². The van der Waals surface area contributed by atoms with E-state index in [9.17, 15) is 4.79 Å². The number of hydrogen-bond acceptors (Lipinski definition) is 5. The van der Waals surface area contributed by atoms with Crippen LogP contribution in [0.2, 0.25) is 0 Å². The second-order valence-corrected chi connectivity index (χ2v) is 4.08. The first-order chi connectivity index (χ1) is 9.76. The molecule has 120 valence electrons. The minimum absolute atomic E-state index is 0. The quantitative estimate of drug-likeness (QED) is 0.637. The van der Waals surface area contributed by atoms with Crippen molar-refractivity contribution in [1.29, 1.82) is 0 Å². The summed E-state index contributed by atoms with van der Waals surface area (Å²) in [7, 11) is 3.25. The van der Waals surface area contributed by atoms with Crippen molar-refractivity contribution >= 4 is 24.0 Å². The normalized spacial score (nSPS) is 9.81. The maximum absolute atomic E-state index is 11.6. The summed E-state index contributed by atoms with van der Waals surface area (Å²) >= 11 is 0. The van der Waals surface area contributed by atoms with Crippen molar-refractivity contribution in [1.82, 2.24) is 5.32 Å². The van der Waals surface area contributed by atoms with Gasteiger partial charge in [0.15, 0.2) is 0 Å². The Morgan fingerprint density at radius 1 is 1.05 bits per heavy atom. The second kappa shape index (κ2) is 12.4. The van der Waals surface area contributed by atoms with E-state index in [2.05, 4.69) is 10.6 Å². The second-order valence-electron chi connectivity index (χ2n) is 4.08. The number of carbonyl (C=O) groups excluding carboxylic acids is 1. The van der Waals surface area contributed by atoms with Gasteiger partial charge in [0, 0.05) is 26.5 Å². The minimum Gasteiger partial charge on any atom is -0.491 e. The summed E-state index contributed by atoms with van der Waals surface area (Å²) in [5, 5.41) is 5.77. The Bertz CT molecular complexity index is 387. The molecule has 2 N–H and O–H groups in total. The summed E-state index contributed by atoms with van der Waals surface area (Å²) in [6.45, 7) is 2.55. The van der Waals surface area contributed by atoms with Gasteiger partial charge in [-0.25, -0.2) is 0 Å². The van der Waals surface area contributed by atoms with Gasteiger partial charge in [-0.3, -0.25) is 4.79 Å². The van der Waals surface area contributed by atoms with E-state index in [0.717, 1.165) is 11.4 Å². The third-order valence-electron chi connectivity index (χ3n) is 2.46. The highest BCUT2D eigenvalue weighted by Gasteiger charge is 2.02. The molecule has 0 unspecified atom stereocenters. The molecule has 0 aliphatic carbocycles. The van der Waals surface area contributed by atoms with Crippen molar-refractivity contribution < 1.29 is 19.0 Å². The van der Waals surface area contributed by atoms with Crippen LogP contribution in [-0.4, -0.2) is 53.0 Å². The summed E-state index contributed by atoms with van der Waals surface area (Å²) in [6.07, 6.45) is 0. The van der Waals surface area contributed by atoms with E-state index in [4.69, 9.17) is 14.2 Å². The summed E-state index contributed by atoms with van der Waals surface area (Å²) in [5.74, 6) is 0.660. The molecule has 1 rings (SSSR count). The van der Waals surface area contributed by atoms with Crippen LogP contribution in [0.25, 0.3) is 0 Å². The molecular weight excluding hydrogens is 296 g/mol. The van der Waals surface area contributed by atoms with Crippen LogP contribution < -0.4 is 15.4 Å². The topological polar surface area (TPSA) is 68.8 Å². The van der Waals surface area contributed by atoms with Crippen molar-refractivity contribution in [2.45, 2.75) is 0 Å². The van der Waals surface area contributed by atoms with Gasteiger partial charge in [-0.2, -0.15) is 0 Å². The maximum Gasteiger partial charge on any atom is 0.238 e. The molecule has 21 heavy (non-hydrogen) atoms. The molecule has 0 saturated carbocycles. The lowest BCUT2D eigenvalue weighted by atomic mass is 10.3. The predicted molar refractivity (Wildman–Crippen MR) is 84.4 cm³/mol. The number of carbonyl (C=O) groups is 1. The van der Waals surface area contributed by atoms with E-state index in [1.807, 2.05) is 12.1 Å². The van der Waals surface area contributed by atoms with Crippen LogP contribution in [-0.2, 0) is 14.3 Å². The molecule has 0 aliphatic heterocycles. The van der Waals surface area contributed by atoms with E-state index in [1.54, 1.807) is 26.4 Å². The van der Waals surface area contributed by atoms with Gasteiger partial charge in [-0.15, -0.1) is 12.4 Å². The van der Waals surface area contributed by atoms with Crippen molar-refractivity contribution in [3.63, 3.8) is 0 Å². The van der Waals surface area contributed by atoms with E-state index in [1.165, 1.54) is 0 Å². The number of nitrogens with one attached hydrogen (secondary N) is 2. The van der Waals surface area contributed by atoms with Crippen LogP contribution in [0.5, 0.6) is 5.75 Å². The van der Waals surface area contributed by atoms with Gasteiger partial charge in [-0.05, 0) is 24.3 Å². The maximum atomic E-state index is 11.6. The van der Waals surface area contributed by atoms with Crippen LogP contribution in [0.15, 0.2) is 24.3 Å². The van der Waals surface area contributed by atoms with E-state index in [0.29, 0.717) is 26.4 Å². The average Bonchev–Trinajstić information content (AvgIpc) is 2.46. The first-order valence-corrected chi connectivity index (χ1v) is 6.47. The third-order valence-corrected chi connectivity index (χ3v) is 2.46. The lowest BCUT2D eigenvalue weighted by Gasteiger charge is -2.08. The minimum atomic E-state index is -0.0887. The number of benzene rings is 1. The Hall–Kier alpha value is -1.34. The summed E-state index contributed by atoms with van der Waals surface area (Å²) < 4.78 is 15.2. The fraction of sp³-hybridized carbons (Fsp3) is 0.500. The summed E-state index contributed by atoms with van der Waals surface area (Å²) in [4.78, 5) is 11.6. The van der Waals surface area contributed by atoms with E-state index in [-0.39, 0.29) is 24.9 Å². The van der Waals surface area contributed by atoms with Gasteiger partial charge in [0.25, 0.3) is 0 Å². The van der Waals surface area contributed by atoms with E-state index >= 15 is 0 Å². The average molecular weight is 319 g/mol. The molecule has 6 nitrogen and oxygen atoms in total. The molecule has 0 saturated heterocycles. The van der Waals surface area contributed by atoms with Crippen LogP contribution in [0, 0.1) is 0 Å². The summed E-state index contributed by atoms with van der Waals surface area (Å²) in [6, 6.07) is 7.22. The van der Waals surface area contributed by atoms with Gasteiger partial charge in [0.05, 0.1) is 19.8 Å². The molecule has 0 fully saturated rings. The molecule has 0 atom stereocenters. The Labute approximate surface area is 131 Å². The number of anilines is 1. The van der Waals surface area contributed by atoms with E-state index < -0.39 is 0 Å². The van der Waals surface area contributed by atoms with Crippen molar-refractivity contribution in [2.75, 3.05) is 52.4 Å². The molecule has 0 aromatic heterocycles. The number of halogens is 1. The largest absolute Gasteiger partial charge is 0.491 e. The molecular formula is C14H23ClN2O4. The van der Waals surface area contributed by atoms with Gasteiger partial charge >= 0.3 is 0 Å². The van der Waals surface area contributed by atoms with Crippen molar-refractivity contribution in [3.05, 3.63) is 24.3 Å². The van der Waals surface area contributed by atoms with Crippen molar-refractivity contribution in [3.8, 4) is 5.75 Å². The monoisotopic (exact) mass is 318 g/mol. The first-order valence-electron chi connectivity index (χ1n) is 6.47. The van der Waals surface area contributed by atoms with Crippen molar-refractivity contribution in [2.24, 2.45) is 0 Å². The Balaban J connectivity index is 0.00000400. The number of methoxy groups -OCH3 is 2. The molecule has 1 aromatic rings. The van der Waals surface area contributed by atoms with Crippen LogP contribution >= 0.6 is 12.4 Å². The highest BCUT2D eigenvalue weighted by molar-refractivity contribution is 5.92. The zero-order valence-electron chi connectivity index (χ0n) is 12.4. The van der Waals surface area contributed by atoms with Crippen LogP contribution in [0.3, 0.4) is 0 Å². The third kappa shape index (κ3) is 9.25. The molecule has 0 aliphatic rings. The molecule has 1 aromatic carbocycles. The number of ether oxygens (including phenoxy) is 3. The van der Waals surface area contributed by atoms with Gasteiger partial charge in [0.1, 0.15) is 12.4 Å². The standard InChI is InChI=1S/C14H22N2O4.ClH/c1-18-8-7-15-11-14(17)16-12-3-5-13(6-4-12)20-10-9-19-2;/h3-6,15H,7-11H2,1-2H3,(H,16,17);1H.